The van der Waals surface area contributed by atoms with Crippen LogP contribution in [0.5, 0.6) is 5.75 Å². The van der Waals surface area contributed by atoms with Crippen molar-refractivity contribution in [3.8, 4) is 17.0 Å². The van der Waals surface area contributed by atoms with Crippen LogP contribution in [0.15, 0.2) is 42.9 Å². The largest absolute Gasteiger partial charge is 0.567 e. The SMILES string of the molecule is BOc1ccncc1-c1ccccn1. The Morgan fingerprint density at radius 1 is 1.14 bits per heavy atom. The molecule has 0 aliphatic carbocycles. The van der Waals surface area contributed by atoms with E-state index in [1.807, 2.05) is 24.3 Å². The van der Waals surface area contributed by atoms with Crippen LogP contribution >= 0.6 is 0 Å². The van der Waals surface area contributed by atoms with Crippen LogP contribution in [0.3, 0.4) is 0 Å². The van der Waals surface area contributed by atoms with Gasteiger partial charge in [-0.3, -0.25) is 9.97 Å². The van der Waals surface area contributed by atoms with E-state index in [2.05, 4.69) is 9.97 Å². The molecule has 0 aliphatic heterocycles. The molecule has 0 aliphatic rings. The molecule has 2 rings (SSSR count). The molecule has 0 amide bonds. The highest BCUT2D eigenvalue weighted by Gasteiger charge is 2.04. The van der Waals surface area contributed by atoms with Crippen LogP contribution in [-0.2, 0) is 0 Å². The minimum absolute atomic E-state index is 0.790. The molecule has 0 saturated heterocycles. The molecule has 0 bridgehead atoms. The fourth-order valence-electron chi connectivity index (χ4n) is 1.27. The van der Waals surface area contributed by atoms with Crippen LogP contribution in [0.1, 0.15) is 0 Å². The summed E-state index contributed by atoms with van der Waals surface area (Å²) in [6.07, 6.45) is 5.20. The summed E-state index contributed by atoms with van der Waals surface area (Å²) in [4.78, 5) is 8.29. The summed E-state index contributed by atoms with van der Waals surface area (Å²) >= 11 is 0. The Morgan fingerprint density at radius 3 is 2.79 bits per heavy atom. The standard InChI is InChI=1S/C10H9BN2O/c11-14-10-4-6-12-7-8(10)9-3-1-2-5-13-9/h1-7H,11H2. The highest BCUT2D eigenvalue weighted by atomic mass is 16.4. The topological polar surface area (TPSA) is 35.0 Å². The lowest BCUT2D eigenvalue weighted by molar-refractivity contribution is 0.617. The van der Waals surface area contributed by atoms with E-state index in [1.165, 1.54) is 0 Å². The average Bonchev–Trinajstić information content (AvgIpc) is 2.30. The molecule has 68 valence electrons. The number of aromatic nitrogens is 2. The molecule has 4 heteroatoms. The van der Waals surface area contributed by atoms with E-state index in [9.17, 15) is 0 Å². The van der Waals surface area contributed by atoms with Gasteiger partial charge in [0.2, 0.25) is 0 Å². The third-order valence-electron chi connectivity index (χ3n) is 1.94. The lowest BCUT2D eigenvalue weighted by Gasteiger charge is -2.06. The van der Waals surface area contributed by atoms with Gasteiger partial charge in [0.25, 0.3) is 0 Å². The van der Waals surface area contributed by atoms with Crippen molar-refractivity contribution >= 4 is 8.05 Å². The van der Waals surface area contributed by atoms with Gasteiger partial charge in [0.15, 0.2) is 0 Å². The molecule has 2 aromatic heterocycles. The van der Waals surface area contributed by atoms with Gasteiger partial charge in [-0.15, -0.1) is 0 Å². The van der Waals surface area contributed by atoms with Gasteiger partial charge in [-0.05, 0) is 18.2 Å². The predicted molar refractivity (Wildman–Crippen MR) is 56.6 cm³/mol. The Morgan fingerprint density at radius 2 is 2.07 bits per heavy atom. The first kappa shape index (κ1) is 8.75. The Bertz CT molecular complexity index is 419. The molecule has 2 heterocycles. The van der Waals surface area contributed by atoms with Gasteiger partial charge >= 0.3 is 8.05 Å². The van der Waals surface area contributed by atoms with E-state index in [0.29, 0.717) is 0 Å². The fraction of sp³-hybridized carbons (Fsp3) is 0. The number of nitrogens with zero attached hydrogens (tertiary/aromatic N) is 2. The maximum Gasteiger partial charge on any atom is 0.322 e. The summed E-state index contributed by atoms with van der Waals surface area (Å²) in [5.41, 5.74) is 1.79. The second-order valence-corrected chi connectivity index (χ2v) is 2.79. The molecule has 0 spiro atoms. The van der Waals surface area contributed by atoms with Gasteiger partial charge in [-0.25, -0.2) is 0 Å². The molecular weight excluding hydrogens is 175 g/mol. The van der Waals surface area contributed by atoms with Crippen molar-refractivity contribution in [3.05, 3.63) is 42.9 Å². The third-order valence-corrected chi connectivity index (χ3v) is 1.94. The van der Waals surface area contributed by atoms with Crippen LogP contribution in [0.4, 0.5) is 0 Å². The monoisotopic (exact) mass is 184 g/mol. The minimum atomic E-state index is 0.790. The van der Waals surface area contributed by atoms with Crippen molar-refractivity contribution in [3.63, 3.8) is 0 Å². The Balaban J connectivity index is 2.51. The summed E-state index contributed by atoms with van der Waals surface area (Å²) in [5, 5.41) is 0. The summed E-state index contributed by atoms with van der Waals surface area (Å²) < 4.78 is 5.22. The van der Waals surface area contributed by atoms with Crippen LogP contribution in [0.25, 0.3) is 11.3 Å². The predicted octanol–water partition coefficient (Wildman–Crippen LogP) is 1.07. The Labute approximate surface area is 83.2 Å². The van der Waals surface area contributed by atoms with Crippen molar-refractivity contribution in [2.24, 2.45) is 0 Å². The normalized spacial score (nSPS) is 9.71. The van der Waals surface area contributed by atoms with E-state index in [1.54, 1.807) is 26.6 Å². The quantitative estimate of drug-likeness (QED) is 0.654. The summed E-state index contributed by atoms with van der Waals surface area (Å²) in [6.45, 7) is 0. The van der Waals surface area contributed by atoms with Crippen molar-refractivity contribution in [2.45, 2.75) is 0 Å². The van der Waals surface area contributed by atoms with Crippen molar-refractivity contribution in [1.29, 1.82) is 0 Å². The maximum absolute atomic E-state index is 5.22. The molecule has 0 aromatic carbocycles. The van der Waals surface area contributed by atoms with Gasteiger partial charge < -0.3 is 4.65 Å². The van der Waals surface area contributed by atoms with E-state index in [4.69, 9.17) is 4.65 Å². The van der Waals surface area contributed by atoms with Crippen LogP contribution in [0, 0.1) is 0 Å². The second-order valence-electron chi connectivity index (χ2n) is 2.79. The summed E-state index contributed by atoms with van der Waals surface area (Å²) in [7, 11) is 1.64. The van der Waals surface area contributed by atoms with Gasteiger partial charge in [-0.2, -0.15) is 0 Å². The van der Waals surface area contributed by atoms with Gasteiger partial charge in [0.1, 0.15) is 5.75 Å². The molecule has 0 fully saturated rings. The van der Waals surface area contributed by atoms with E-state index < -0.39 is 0 Å². The molecule has 0 radical (unpaired) electrons. The number of hydrogen-bond donors (Lipinski definition) is 0. The molecule has 3 nitrogen and oxygen atoms in total. The highest BCUT2D eigenvalue weighted by Crippen LogP contribution is 2.25. The zero-order valence-corrected chi connectivity index (χ0v) is 7.84. The lowest BCUT2D eigenvalue weighted by Crippen LogP contribution is -1.91. The van der Waals surface area contributed by atoms with Crippen LogP contribution in [0.2, 0.25) is 0 Å². The average molecular weight is 184 g/mol. The fourth-order valence-corrected chi connectivity index (χ4v) is 1.27. The van der Waals surface area contributed by atoms with Crippen molar-refractivity contribution in [1.82, 2.24) is 9.97 Å². The van der Waals surface area contributed by atoms with Gasteiger partial charge in [0, 0.05) is 18.6 Å². The number of rotatable bonds is 2. The van der Waals surface area contributed by atoms with E-state index in [-0.39, 0.29) is 0 Å². The van der Waals surface area contributed by atoms with Crippen molar-refractivity contribution in [2.75, 3.05) is 0 Å². The molecule has 0 unspecified atom stereocenters. The first-order valence-corrected chi connectivity index (χ1v) is 4.31. The third kappa shape index (κ3) is 1.59. The second kappa shape index (κ2) is 3.92. The first-order chi connectivity index (χ1) is 6.92. The molecule has 0 saturated carbocycles. The highest BCUT2D eigenvalue weighted by molar-refractivity contribution is 6.00. The Kier molecular flexibility index (Phi) is 2.45. The smallest absolute Gasteiger partial charge is 0.322 e. The van der Waals surface area contributed by atoms with E-state index >= 15 is 0 Å². The minimum Gasteiger partial charge on any atom is -0.567 e. The van der Waals surface area contributed by atoms with Crippen molar-refractivity contribution < 1.29 is 4.65 Å². The zero-order valence-electron chi connectivity index (χ0n) is 7.84. The van der Waals surface area contributed by atoms with Crippen LogP contribution < -0.4 is 4.65 Å². The molecule has 2 aromatic rings. The molecule has 0 atom stereocenters. The van der Waals surface area contributed by atoms with Crippen LogP contribution in [-0.4, -0.2) is 18.0 Å². The summed E-state index contributed by atoms with van der Waals surface area (Å²) in [6, 6.07) is 7.57. The number of pyridine rings is 2. The molecular formula is C10H9BN2O. The summed E-state index contributed by atoms with van der Waals surface area (Å²) in [5.74, 6) is 0.790. The maximum atomic E-state index is 5.22. The molecule has 14 heavy (non-hydrogen) atoms. The zero-order chi connectivity index (χ0) is 9.80. The lowest BCUT2D eigenvalue weighted by atomic mass is 10.1. The first-order valence-electron chi connectivity index (χ1n) is 4.31. The van der Waals surface area contributed by atoms with Gasteiger partial charge in [-0.1, -0.05) is 6.07 Å². The van der Waals surface area contributed by atoms with E-state index in [0.717, 1.165) is 17.0 Å². The Hall–Kier alpha value is -1.84. The number of hydrogen-bond acceptors (Lipinski definition) is 3. The van der Waals surface area contributed by atoms with Gasteiger partial charge in [0.05, 0.1) is 11.3 Å². The molecule has 0 N–H and O–H groups in total.